The summed E-state index contributed by atoms with van der Waals surface area (Å²) in [5.74, 6) is -0.318. The minimum absolute atomic E-state index is 0.0147. The second kappa shape index (κ2) is 14.4. The maximum atomic E-state index is 14.7. The molecule has 0 aliphatic rings. The molecule has 4 nitrogen and oxygen atoms in total. The normalized spacial score (nSPS) is 12.6. The van der Waals surface area contributed by atoms with Crippen LogP contribution in [0.4, 0.5) is 4.39 Å². The molecule has 0 aliphatic carbocycles. The van der Waals surface area contributed by atoms with Gasteiger partial charge < -0.3 is 10.2 Å². The minimum Gasteiger partial charge on any atom is -0.352 e. The molecule has 2 amide bonds. The summed E-state index contributed by atoms with van der Waals surface area (Å²) in [6.45, 7) is 3.89. The van der Waals surface area contributed by atoms with E-state index in [2.05, 4.69) is 5.32 Å². The van der Waals surface area contributed by atoms with E-state index >= 15 is 0 Å². The lowest BCUT2D eigenvalue weighted by molar-refractivity contribution is -0.139. The van der Waals surface area contributed by atoms with E-state index in [1.807, 2.05) is 50.2 Å². The van der Waals surface area contributed by atoms with Gasteiger partial charge in [-0.05, 0) is 42.7 Å². The quantitative estimate of drug-likeness (QED) is 0.261. The highest BCUT2D eigenvalue weighted by molar-refractivity contribution is 7.99. The number of rotatable bonds is 12. The van der Waals surface area contributed by atoms with E-state index in [1.165, 1.54) is 22.7 Å². The van der Waals surface area contributed by atoms with Crippen molar-refractivity contribution in [1.82, 2.24) is 10.2 Å². The van der Waals surface area contributed by atoms with Crippen molar-refractivity contribution in [1.29, 1.82) is 0 Å². The van der Waals surface area contributed by atoms with Gasteiger partial charge in [-0.25, -0.2) is 4.39 Å². The standard InChI is InChI=1S/C29H31Cl2FN2O2S/c1-3-20(2)33-29(36)27(15-21-9-5-4-6-10-21)34(17-22-11-7-8-12-26(22)32)28(35)19-37-18-23-13-14-24(30)16-25(23)31/h4-14,16,20,27H,3,15,17-19H2,1-2H3,(H,33,36). The van der Waals surface area contributed by atoms with Crippen LogP contribution >= 0.6 is 35.0 Å². The number of hydrogen-bond donors (Lipinski definition) is 1. The maximum absolute atomic E-state index is 14.7. The average Bonchev–Trinajstić information content (AvgIpc) is 2.88. The molecule has 0 saturated carbocycles. The van der Waals surface area contributed by atoms with Crippen LogP contribution in [-0.4, -0.2) is 34.6 Å². The van der Waals surface area contributed by atoms with Crippen molar-refractivity contribution in [3.05, 3.63) is 105 Å². The molecule has 2 unspecified atom stereocenters. The number of carbonyl (C=O) groups is 2. The van der Waals surface area contributed by atoms with Gasteiger partial charge in [0.25, 0.3) is 0 Å². The van der Waals surface area contributed by atoms with Crippen molar-refractivity contribution >= 4 is 46.8 Å². The highest BCUT2D eigenvalue weighted by Gasteiger charge is 2.31. The first-order valence-electron chi connectivity index (χ1n) is 12.2. The summed E-state index contributed by atoms with van der Waals surface area (Å²) in [5, 5.41) is 4.09. The summed E-state index contributed by atoms with van der Waals surface area (Å²) in [6, 6.07) is 20.3. The van der Waals surface area contributed by atoms with Gasteiger partial charge in [0.05, 0.1) is 5.75 Å². The molecule has 3 aromatic rings. The summed E-state index contributed by atoms with van der Waals surface area (Å²) in [6.07, 6.45) is 1.07. The lowest BCUT2D eigenvalue weighted by Gasteiger charge is -2.32. The van der Waals surface area contributed by atoms with Gasteiger partial charge >= 0.3 is 0 Å². The van der Waals surface area contributed by atoms with Crippen LogP contribution in [0.15, 0.2) is 72.8 Å². The van der Waals surface area contributed by atoms with Gasteiger partial charge in [0.1, 0.15) is 11.9 Å². The van der Waals surface area contributed by atoms with E-state index in [9.17, 15) is 14.0 Å². The number of nitrogens with one attached hydrogen (secondary N) is 1. The molecule has 196 valence electrons. The Bertz CT molecular complexity index is 1200. The van der Waals surface area contributed by atoms with Crippen LogP contribution in [-0.2, 0) is 28.3 Å². The lowest BCUT2D eigenvalue weighted by Crippen LogP contribution is -2.52. The fourth-order valence-electron chi connectivity index (χ4n) is 3.78. The zero-order chi connectivity index (χ0) is 26.8. The Morgan fingerprint density at radius 1 is 1.00 bits per heavy atom. The van der Waals surface area contributed by atoms with Crippen molar-refractivity contribution in [2.75, 3.05) is 5.75 Å². The Labute approximate surface area is 232 Å². The summed E-state index contributed by atoms with van der Waals surface area (Å²) >= 11 is 13.7. The molecule has 0 spiro atoms. The van der Waals surface area contributed by atoms with E-state index in [0.29, 0.717) is 27.8 Å². The van der Waals surface area contributed by atoms with E-state index < -0.39 is 11.9 Å². The second-order valence-electron chi connectivity index (χ2n) is 8.86. The number of benzene rings is 3. The van der Waals surface area contributed by atoms with Crippen molar-refractivity contribution in [3.8, 4) is 0 Å². The molecule has 2 atom stereocenters. The van der Waals surface area contributed by atoms with E-state index in [-0.39, 0.29) is 30.2 Å². The summed E-state index contributed by atoms with van der Waals surface area (Å²) in [4.78, 5) is 28.6. The van der Waals surface area contributed by atoms with Crippen LogP contribution in [0, 0.1) is 5.82 Å². The van der Waals surface area contributed by atoms with Crippen molar-refractivity contribution in [3.63, 3.8) is 0 Å². The minimum atomic E-state index is -0.803. The van der Waals surface area contributed by atoms with Crippen molar-refractivity contribution < 1.29 is 14.0 Å². The predicted molar refractivity (Wildman–Crippen MR) is 151 cm³/mol. The number of amides is 2. The summed E-state index contributed by atoms with van der Waals surface area (Å²) in [7, 11) is 0. The molecular formula is C29H31Cl2FN2O2S. The molecule has 0 heterocycles. The molecular weight excluding hydrogens is 530 g/mol. The first-order chi connectivity index (χ1) is 17.8. The smallest absolute Gasteiger partial charge is 0.243 e. The highest BCUT2D eigenvalue weighted by atomic mass is 35.5. The van der Waals surface area contributed by atoms with Gasteiger partial charge in [0.15, 0.2) is 0 Å². The van der Waals surface area contributed by atoms with E-state index in [1.54, 1.807) is 30.3 Å². The van der Waals surface area contributed by atoms with Crippen LogP contribution in [0.25, 0.3) is 0 Å². The molecule has 0 aromatic heterocycles. The van der Waals surface area contributed by atoms with Crippen molar-refractivity contribution in [2.24, 2.45) is 0 Å². The fraction of sp³-hybridized carbons (Fsp3) is 0.310. The molecule has 0 radical (unpaired) electrons. The van der Waals surface area contributed by atoms with Gasteiger partial charge in [-0.3, -0.25) is 9.59 Å². The molecule has 0 aliphatic heterocycles. The first-order valence-corrected chi connectivity index (χ1v) is 14.1. The van der Waals surface area contributed by atoms with Gasteiger partial charge in [-0.15, -0.1) is 11.8 Å². The predicted octanol–water partition coefficient (Wildman–Crippen LogP) is 6.92. The molecule has 8 heteroatoms. The Morgan fingerprint density at radius 2 is 1.70 bits per heavy atom. The third-order valence-corrected chi connectivity index (χ3v) is 7.62. The third kappa shape index (κ3) is 8.77. The van der Waals surface area contributed by atoms with Gasteiger partial charge in [-0.1, -0.05) is 84.7 Å². The monoisotopic (exact) mass is 560 g/mol. The Kier molecular flexibility index (Phi) is 11.3. The number of hydrogen-bond acceptors (Lipinski definition) is 3. The molecule has 0 fully saturated rings. The largest absolute Gasteiger partial charge is 0.352 e. The van der Waals surface area contributed by atoms with Gasteiger partial charge in [0, 0.05) is 40.4 Å². The van der Waals surface area contributed by atoms with Crippen LogP contribution in [0.1, 0.15) is 37.0 Å². The van der Waals surface area contributed by atoms with Gasteiger partial charge in [-0.2, -0.15) is 0 Å². The Balaban J connectivity index is 1.87. The number of carbonyl (C=O) groups excluding carboxylic acids is 2. The number of nitrogens with zero attached hydrogens (tertiary/aromatic N) is 1. The topological polar surface area (TPSA) is 49.4 Å². The van der Waals surface area contributed by atoms with Crippen LogP contribution in [0.3, 0.4) is 0 Å². The molecule has 0 bridgehead atoms. The number of thioether (sulfide) groups is 1. The SMILES string of the molecule is CCC(C)NC(=O)C(Cc1ccccc1)N(Cc1ccccc1F)C(=O)CSCc1ccc(Cl)cc1Cl. The Morgan fingerprint density at radius 3 is 2.38 bits per heavy atom. The lowest BCUT2D eigenvalue weighted by atomic mass is 10.0. The summed E-state index contributed by atoms with van der Waals surface area (Å²) in [5.41, 5.74) is 2.13. The van der Waals surface area contributed by atoms with E-state index in [0.717, 1.165) is 17.5 Å². The van der Waals surface area contributed by atoms with Crippen LogP contribution in [0.5, 0.6) is 0 Å². The first kappa shape index (κ1) is 29.0. The third-order valence-electron chi connectivity index (χ3n) is 6.07. The molecule has 0 saturated heterocycles. The molecule has 3 rings (SSSR count). The molecule has 37 heavy (non-hydrogen) atoms. The second-order valence-corrected chi connectivity index (χ2v) is 10.7. The average molecular weight is 562 g/mol. The fourth-order valence-corrected chi connectivity index (χ4v) is 5.24. The maximum Gasteiger partial charge on any atom is 0.243 e. The van der Waals surface area contributed by atoms with Gasteiger partial charge in [0.2, 0.25) is 11.8 Å². The molecule has 1 N–H and O–H groups in total. The Hall–Kier alpha value is -2.54. The molecule has 3 aromatic carbocycles. The number of halogens is 3. The van der Waals surface area contributed by atoms with E-state index in [4.69, 9.17) is 23.2 Å². The van der Waals surface area contributed by atoms with Crippen molar-refractivity contribution in [2.45, 2.75) is 51.1 Å². The van der Waals surface area contributed by atoms with Crippen LogP contribution in [0.2, 0.25) is 10.0 Å². The van der Waals surface area contributed by atoms with Crippen LogP contribution < -0.4 is 5.32 Å². The summed E-state index contributed by atoms with van der Waals surface area (Å²) < 4.78 is 14.7. The highest BCUT2D eigenvalue weighted by Crippen LogP contribution is 2.25. The zero-order valence-electron chi connectivity index (χ0n) is 20.9. The zero-order valence-corrected chi connectivity index (χ0v) is 23.3.